The van der Waals surface area contributed by atoms with Crippen LogP contribution >= 0.6 is 11.3 Å². The van der Waals surface area contributed by atoms with Gasteiger partial charge in [-0.05, 0) is 30.0 Å². The molecule has 0 bridgehead atoms. The normalized spacial score (nSPS) is 12.9. The van der Waals surface area contributed by atoms with E-state index in [1.165, 1.54) is 18.6 Å². The number of rotatable bonds is 11. The molecule has 0 radical (unpaired) electrons. The zero-order valence-corrected chi connectivity index (χ0v) is 21.5. The van der Waals surface area contributed by atoms with Gasteiger partial charge in [0.2, 0.25) is 5.91 Å². The highest BCUT2D eigenvalue weighted by Gasteiger charge is 2.38. The number of hydrogen-bond donors (Lipinski definition) is 1. The predicted octanol–water partition coefficient (Wildman–Crippen LogP) is 4.60. The summed E-state index contributed by atoms with van der Waals surface area (Å²) >= 11 is 0.784. The molecule has 1 aromatic heterocycles. The number of anilines is 1. The van der Waals surface area contributed by atoms with Crippen LogP contribution in [-0.4, -0.2) is 49.8 Å². The van der Waals surface area contributed by atoms with E-state index in [-0.39, 0.29) is 58.5 Å². The number of nitrogens with zero attached hydrogens (tertiary/aromatic N) is 1. The number of fused-ring (bicyclic) bond motifs is 1. The van der Waals surface area contributed by atoms with E-state index in [4.69, 9.17) is 18.9 Å². The summed E-state index contributed by atoms with van der Waals surface area (Å²) in [5.41, 5.74) is -0.784. The first-order valence-corrected chi connectivity index (χ1v) is 12.4. The van der Waals surface area contributed by atoms with Gasteiger partial charge >= 0.3 is 5.97 Å². The monoisotopic (exact) mass is 565 g/mol. The van der Waals surface area contributed by atoms with Crippen LogP contribution in [-0.2, 0) is 22.6 Å². The minimum atomic E-state index is -1.36. The number of aromatic carboxylic acids is 1. The number of benzene rings is 2. The Bertz CT molecular complexity index is 1440. The Morgan fingerprint density at radius 3 is 2.51 bits per heavy atom. The molecule has 39 heavy (non-hydrogen) atoms. The van der Waals surface area contributed by atoms with Gasteiger partial charge in [0.25, 0.3) is 5.91 Å². The Kier molecular flexibility index (Phi) is 8.41. The largest absolute Gasteiger partial charge is 0.493 e. The molecule has 3 aromatic rings. The van der Waals surface area contributed by atoms with Crippen molar-refractivity contribution in [1.82, 2.24) is 0 Å². The van der Waals surface area contributed by atoms with Gasteiger partial charge in [-0.15, -0.1) is 11.3 Å². The van der Waals surface area contributed by atoms with Gasteiger partial charge in [0.15, 0.2) is 29.0 Å². The number of halogens is 3. The molecule has 0 saturated heterocycles. The summed E-state index contributed by atoms with van der Waals surface area (Å²) < 4.78 is 65.2. The standard InChI is InChI=1S/C26H22F3NO8S/c1-3-36-6-7-37-18-5-4-15(27)23(29)14(18)11-38-20-10-17(16(28)9-19(20)35-2)30-21(31)8-13-12-39-24(26(33)34)22(13)25(30)32/h4-5,9-10,12H,3,6-8,11H2,1-2H3,(H,33,34). The van der Waals surface area contributed by atoms with E-state index in [1.807, 2.05) is 0 Å². The van der Waals surface area contributed by atoms with Gasteiger partial charge in [0.05, 0.1) is 37.0 Å². The number of carbonyl (C=O) groups is 3. The molecule has 2 amide bonds. The predicted molar refractivity (Wildman–Crippen MR) is 132 cm³/mol. The Labute approximate surface area is 224 Å². The molecular formula is C26H22F3NO8S. The lowest BCUT2D eigenvalue weighted by Crippen LogP contribution is -2.43. The molecule has 1 aliphatic heterocycles. The van der Waals surface area contributed by atoms with E-state index < -0.39 is 47.5 Å². The Morgan fingerprint density at radius 2 is 1.82 bits per heavy atom. The van der Waals surface area contributed by atoms with Crippen molar-refractivity contribution in [3.05, 3.63) is 68.7 Å². The summed E-state index contributed by atoms with van der Waals surface area (Å²) in [5.74, 6) is -6.95. The number of methoxy groups -OCH3 is 1. The second-order valence-electron chi connectivity index (χ2n) is 8.11. The maximum Gasteiger partial charge on any atom is 0.346 e. The molecule has 2 heterocycles. The fourth-order valence-electron chi connectivity index (χ4n) is 3.94. The molecule has 0 saturated carbocycles. The molecule has 1 aliphatic rings. The zero-order valence-electron chi connectivity index (χ0n) is 20.7. The molecule has 206 valence electrons. The smallest absolute Gasteiger partial charge is 0.346 e. The van der Waals surface area contributed by atoms with E-state index >= 15 is 4.39 Å². The number of carboxylic acid groups (broad SMARTS) is 1. The maximum atomic E-state index is 15.1. The number of ether oxygens (including phenoxy) is 4. The van der Waals surface area contributed by atoms with E-state index in [0.717, 1.165) is 29.5 Å². The van der Waals surface area contributed by atoms with E-state index in [0.29, 0.717) is 11.5 Å². The first kappa shape index (κ1) is 27.9. The fraction of sp³-hybridized carbons (Fsp3) is 0.269. The summed E-state index contributed by atoms with van der Waals surface area (Å²) in [5, 5.41) is 10.8. The average molecular weight is 566 g/mol. The van der Waals surface area contributed by atoms with Gasteiger partial charge in [-0.25, -0.2) is 22.9 Å². The number of hydrogen-bond acceptors (Lipinski definition) is 8. The Morgan fingerprint density at radius 1 is 1.05 bits per heavy atom. The second-order valence-corrected chi connectivity index (χ2v) is 8.99. The lowest BCUT2D eigenvalue weighted by molar-refractivity contribution is -0.117. The number of amides is 2. The molecular weight excluding hydrogens is 543 g/mol. The zero-order chi connectivity index (χ0) is 28.3. The van der Waals surface area contributed by atoms with Crippen molar-refractivity contribution < 1.29 is 51.6 Å². The summed E-state index contributed by atoms with van der Waals surface area (Å²) in [6.45, 7) is 1.90. The SMILES string of the molecule is CCOCCOc1ccc(F)c(F)c1COc1cc(N2C(=O)Cc3csc(C(=O)O)c3C2=O)c(F)cc1OC. The van der Waals surface area contributed by atoms with Crippen molar-refractivity contribution in [3.8, 4) is 17.2 Å². The molecule has 0 spiro atoms. The van der Waals surface area contributed by atoms with Crippen molar-refractivity contribution >= 4 is 34.8 Å². The number of imide groups is 1. The van der Waals surface area contributed by atoms with Crippen molar-refractivity contribution in [3.63, 3.8) is 0 Å². The highest BCUT2D eigenvalue weighted by atomic mass is 32.1. The quantitative estimate of drug-likeness (QED) is 0.265. The molecule has 4 rings (SSSR count). The van der Waals surface area contributed by atoms with E-state index in [2.05, 4.69) is 0 Å². The summed E-state index contributed by atoms with van der Waals surface area (Å²) in [6, 6.07) is 3.96. The summed E-state index contributed by atoms with van der Waals surface area (Å²) in [4.78, 5) is 37.8. The molecule has 0 atom stereocenters. The van der Waals surface area contributed by atoms with Gasteiger partial charge in [-0.1, -0.05) is 0 Å². The third-order valence-corrected chi connectivity index (χ3v) is 6.77. The van der Waals surface area contributed by atoms with Crippen molar-refractivity contribution in [2.75, 3.05) is 31.8 Å². The lowest BCUT2D eigenvalue weighted by atomic mass is 10.0. The average Bonchev–Trinajstić information content (AvgIpc) is 3.33. The van der Waals surface area contributed by atoms with Crippen molar-refractivity contribution in [1.29, 1.82) is 0 Å². The van der Waals surface area contributed by atoms with Crippen LogP contribution in [0, 0.1) is 17.5 Å². The van der Waals surface area contributed by atoms with Crippen LogP contribution in [0.1, 0.15) is 38.1 Å². The van der Waals surface area contributed by atoms with Crippen LogP contribution in [0.15, 0.2) is 29.6 Å². The third kappa shape index (κ3) is 5.54. The minimum Gasteiger partial charge on any atom is -0.493 e. The van der Waals surface area contributed by atoms with Gasteiger partial charge in [-0.3, -0.25) is 9.59 Å². The first-order valence-electron chi connectivity index (χ1n) is 11.6. The molecule has 2 aromatic carbocycles. The molecule has 0 aliphatic carbocycles. The van der Waals surface area contributed by atoms with Crippen molar-refractivity contribution in [2.45, 2.75) is 20.0 Å². The van der Waals surface area contributed by atoms with E-state index in [1.54, 1.807) is 6.92 Å². The molecule has 13 heteroatoms. The third-order valence-electron chi connectivity index (χ3n) is 5.76. The Balaban J connectivity index is 1.67. The van der Waals surface area contributed by atoms with Gasteiger partial charge in [0.1, 0.15) is 23.8 Å². The van der Waals surface area contributed by atoms with Crippen LogP contribution in [0.25, 0.3) is 0 Å². The van der Waals surface area contributed by atoms with Crippen LogP contribution < -0.4 is 19.1 Å². The van der Waals surface area contributed by atoms with Gasteiger partial charge < -0.3 is 24.1 Å². The van der Waals surface area contributed by atoms with Crippen LogP contribution in [0.4, 0.5) is 18.9 Å². The number of carbonyl (C=O) groups excluding carboxylic acids is 2. The van der Waals surface area contributed by atoms with Gasteiger partial charge in [0, 0.05) is 18.7 Å². The first-order chi connectivity index (χ1) is 18.7. The van der Waals surface area contributed by atoms with Crippen LogP contribution in [0.3, 0.4) is 0 Å². The number of carboxylic acids is 1. The fourth-order valence-corrected chi connectivity index (χ4v) is 4.84. The second kappa shape index (κ2) is 11.7. The maximum absolute atomic E-state index is 15.1. The lowest BCUT2D eigenvalue weighted by Gasteiger charge is -2.26. The van der Waals surface area contributed by atoms with Crippen LogP contribution in [0.5, 0.6) is 17.2 Å². The number of thiophene rings is 1. The van der Waals surface area contributed by atoms with Crippen LogP contribution in [0.2, 0.25) is 0 Å². The molecule has 0 fully saturated rings. The highest BCUT2D eigenvalue weighted by Crippen LogP contribution is 2.39. The molecule has 0 unspecified atom stereocenters. The Hall–Kier alpha value is -4.10. The summed E-state index contributed by atoms with van der Waals surface area (Å²) in [7, 11) is 1.21. The topological polar surface area (TPSA) is 112 Å². The van der Waals surface area contributed by atoms with E-state index in [9.17, 15) is 28.3 Å². The minimum absolute atomic E-state index is 0.0116. The summed E-state index contributed by atoms with van der Waals surface area (Å²) in [6.07, 6.45) is -0.330. The molecule has 9 nitrogen and oxygen atoms in total. The van der Waals surface area contributed by atoms with Crippen molar-refractivity contribution in [2.24, 2.45) is 0 Å². The highest BCUT2D eigenvalue weighted by molar-refractivity contribution is 7.12. The molecule has 1 N–H and O–H groups in total. The van der Waals surface area contributed by atoms with Gasteiger partial charge in [-0.2, -0.15) is 0 Å².